The smallest absolute Gasteiger partial charge is 0.228 e. The van der Waals surface area contributed by atoms with Crippen LogP contribution in [0.4, 0.5) is 0 Å². The molecule has 0 amide bonds. The van der Waals surface area contributed by atoms with Gasteiger partial charge in [-0.25, -0.2) is 4.98 Å². The van der Waals surface area contributed by atoms with Gasteiger partial charge in [0.25, 0.3) is 0 Å². The third kappa shape index (κ3) is 1.89. The van der Waals surface area contributed by atoms with Gasteiger partial charge in [-0.05, 0) is 29.8 Å². The van der Waals surface area contributed by atoms with Gasteiger partial charge in [-0.15, -0.1) is 11.6 Å². The van der Waals surface area contributed by atoms with Gasteiger partial charge >= 0.3 is 0 Å². The second-order valence-electron chi connectivity index (χ2n) is 3.68. The van der Waals surface area contributed by atoms with E-state index in [1.807, 2.05) is 36.4 Å². The number of hydrogen-bond donors (Lipinski definition) is 0. The second kappa shape index (κ2) is 4.18. The molecule has 17 heavy (non-hydrogen) atoms. The van der Waals surface area contributed by atoms with Crippen molar-refractivity contribution in [3.05, 3.63) is 48.2 Å². The molecule has 1 aromatic carbocycles. The Morgan fingerprint density at radius 2 is 2.12 bits per heavy atom. The fourth-order valence-electron chi connectivity index (χ4n) is 1.68. The molecule has 0 bridgehead atoms. The van der Waals surface area contributed by atoms with Gasteiger partial charge in [-0.2, -0.15) is 4.98 Å². The van der Waals surface area contributed by atoms with Crippen LogP contribution in [-0.2, 0) is 5.88 Å². The van der Waals surface area contributed by atoms with E-state index < -0.39 is 0 Å². The number of rotatable bonds is 2. The van der Waals surface area contributed by atoms with Crippen LogP contribution in [0.1, 0.15) is 5.56 Å². The van der Waals surface area contributed by atoms with Gasteiger partial charge in [0.15, 0.2) is 11.2 Å². The van der Waals surface area contributed by atoms with Crippen molar-refractivity contribution in [2.45, 2.75) is 5.88 Å². The second-order valence-corrected chi connectivity index (χ2v) is 3.95. The van der Waals surface area contributed by atoms with E-state index >= 15 is 0 Å². The van der Waals surface area contributed by atoms with Crippen molar-refractivity contribution in [1.82, 2.24) is 9.97 Å². The zero-order chi connectivity index (χ0) is 11.7. The first-order chi connectivity index (χ1) is 8.36. The molecular formula is C13H9ClN2O. The minimum absolute atomic E-state index is 0.478. The molecule has 0 unspecified atom stereocenters. The highest BCUT2D eigenvalue weighted by Gasteiger charge is 2.08. The van der Waals surface area contributed by atoms with Gasteiger partial charge in [0, 0.05) is 17.6 Å². The summed E-state index contributed by atoms with van der Waals surface area (Å²) in [5, 5.41) is 0. The predicted octanol–water partition coefficient (Wildman–Crippen LogP) is 3.63. The summed E-state index contributed by atoms with van der Waals surface area (Å²) in [5.74, 6) is 1.05. The number of pyridine rings is 1. The van der Waals surface area contributed by atoms with E-state index in [4.69, 9.17) is 16.0 Å². The summed E-state index contributed by atoms with van der Waals surface area (Å²) in [6.07, 6.45) is 1.70. The Labute approximate surface area is 103 Å². The summed E-state index contributed by atoms with van der Waals surface area (Å²) >= 11 is 5.80. The molecule has 3 nitrogen and oxygen atoms in total. The molecule has 3 aromatic rings. The number of alkyl halides is 1. The van der Waals surface area contributed by atoms with Gasteiger partial charge in [-0.1, -0.05) is 12.1 Å². The first-order valence-corrected chi connectivity index (χ1v) is 5.77. The Bertz CT molecular complexity index is 630. The molecule has 4 heteroatoms. The minimum Gasteiger partial charge on any atom is -0.434 e. The number of hydrogen-bond acceptors (Lipinski definition) is 3. The van der Waals surface area contributed by atoms with Gasteiger partial charge in [0.1, 0.15) is 0 Å². The number of benzene rings is 1. The van der Waals surface area contributed by atoms with Gasteiger partial charge in [0.2, 0.25) is 5.89 Å². The summed E-state index contributed by atoms with van der Waals surface area (Å²) in [6, 6.07) is 11.5. The molecule has 0 aliphatic heterocycles. The molecule has 0 aliphatic rings. The fraction of sp³-hybridized carbons (Fsp3) is 0.0769. The molecule has 0 saturated heterocycles. The van der Waals surface area contributed by atoms with Crippen LogP contribution in [-0.4, -0.2) is 9.97 Å². The number of oxazole rings is 1. The molecule has 0 radical (unpaired) electrons. The maximum Gasteiger partial charge on any atom is 0.228 e. The number of fused-ring (bicyclic) bond motifs is 1. The van der Waals surface area contributed by atoms with Crippen LogP contribution in [0.15, 0.2) is 47.0 Å². The average molecular weight is 245 g/mol. The van der Waals surface area contributed by atoms with E-state index in [0.717, 1.165) is 11.1 Å². The predicted molar refractivity (Wildman–Crippen MR) is 66.8 cm³/mol. The van der Waals surface area contributed by atoms with E-state index in [2.05, 4.69) is 9.97 Å². The first-order valence-electron chi connectivity index (χ1n) is 5.23. The van der Waals surface area contributed by atoms with Crippen LogP contribution in [0.2, 0.25) is 0 Å². The van der Waals surface area contributed by atoms with E-state index in [1.54, 1.807) is 6.20 Å². The van der Waals surface area contributed by atoms with Crippen molar-refractivity contribution >= 4 is 22.8 Å². The average Bonchev–Trinajstić information content (AvgIpc) is 2.82. The van der Waals surface area contributed by atoms with Crippen LogP contribution in [0.25, 0.3) is 22.7 Å². The van der Waals surface area contributed by atoms with Gasteiger partial charge < -0.3 is 4.42 Å². The summed E-state index contributed by atoms with van der Waals surface area (Å²) < 4.78 is 5.64. The molecular weight excluding hydrogens is 236 g/mol. The minimum atomic E-state index is 0.478. The molecule has 2 heterocycles. The number of nitrogens with zero attached hydrogens (tertiary/aromatic N) is 2. The summed E-state index contributed by atoms with van der Waals surface area (Å²) in [5.41, 5.74) is 3.28. The normalized spacial score (nSPS) is 10.9. The van der Waals surface area contributed by atoms with Crippen molar-refractivity contribution in [1.29, 1.82) is 0 Å². The van der Waals surface area contributed by atoms with E-state index in [0.29, 0.717) is 23.0 Å². The molecule has 0 saturated carbocycles. The van der Waals surface area contributed by atoms with Crippen LogP contribution < -0.4 is 0 Å². The lowest BCUT2D eigenvalue weighted by atomic mass is 10.1. The zero-order valence-electron chi connectivity index (χ0n) is 8.93. The van der Waals surface area contributed by atoms with Crippen molar-refractivity contribution in [2.24, 2.45) is 0 Å². The third-order valence-electron chi connectivity index (χ3n) is 2.49. The molecule has 84 valence electrons. The number of aromatic nitrogens is 2. The van der Waals surface area contributed by atoms with Crippen molar-refractivity contribution in [2.75, 3.05) is 0 Å². The lowest BCUT2D eigenvalue weighted by Crippen LogP contribution is -1.81. The fourth-order valence-corrected chi connectivity index (χ4v) is 1.85. The molecule has 0 fully saturated rings. The van der Waals surface area contributed by atoms with E-state index in [-0.39, 0.29) is 0 Å². The standard InChI is InChI=1S/C13H9ClN2O/c14-8-9-3-1-4-10(7-9)13-16-12-11(17-13)5-2-6-15-12/h1-7H,8H2. The molecule has 0 N–H and O–H groups in total. The lowest BCUT2D eigenvalue weighted by molar-refractivity contribution is 0.619. The molecule has 3 rings (SSSR count). The molecule has 0 atom stereocenters. The Balaban J connectivity index is 2.13. The summed E-state index contributed by atoms with van der Waals surface area (Å²) in [4.78, 5) is 8.48. The van der Waals surface area contributed by atoms with Gasteiger partial charge in [0.05, 0.1) is 0 Å². The topological polar surface area (TPSA) is 38.9 Å². The third-order valence-corrected chi connectivity index (χ3v) is 2.80. The Morgan fingerprint density at radius 1 is 1.18 bits per heavy atom. The quantitative estimate of drug-likeness (QED) is 0.646. The Kier molecular flexibility index (Phi) is 2.53. The Morgan fingerprint density at radius 3 is 2.94 bits per heavy atom. The Hall–Kier alpha value is -1.87. The molecule has 2 aromatic heterocycles. The maximum atomic E-state index is 5.80. The van der Waals surface area contributed by atoms with Crippen LogP contribution in [0.3, 0.4) is 0 Å². The summed E-state index contributed by atoms with van der Waals surface area (Å²) in [7, 11) is 0. The monoisotopic (exact) mass is 244 g/mol. The van der Waals surface area contributed by atoms with Crippen molar-refractivity contribution in [3.8, 4) is 11.5 Å². The van der Waals surface area contributed by atoms with Crippen LogP contribution >= 0.6 is 11.6 Å². The first kappa shape index (κ1) is 10.3. The van der Waals surface area contributed by atoms with E-state index in [9.17, 15) is 0 Å². The highest BCUT2D eigenvalue weighted by atomic mass is 35.5. The summed E-state index contributed by atoms with van der Waals surface area (Å²) in [6.45, 7) is 0. The SMILES string of the molecule is ClCc1cccc(-c2nc3ncccc3o2)c1. The van der Waals surface area contributed by atoms with Crippen molar-refractivity contribution in [3.63, 3.8) is 0 Å². The lowest BCUT2D eigenvalue weighted by Gasteiger charge is -1.97. The highest BCUT2D eigenvalue weighted by Crippen LogP contribution is 2.23. The van der Waals surface area contributed by atoms with E-state index in [1.165, 1.54) is 0 Å². The zero-order valence-corrected chi connectivity index (χ0v) is 9.69. The van der Waals surface area contributed by atoms with Gasteiger partial charge in [-0.3, -0.25) is 0 Å². The largest absolute Gasteiger partial charge is 0.434 e. The maximum absolute atomic E-state index is 5.80. The number of halogens is 1. The van der Waals surface area contributed by atoms with Crippen molar-refractivity contribution < 1.29 is 4.42 Å². The van der Waals surface area contributed by atoms with Crippen LogP contribution in [0, 0.1) is 0 Å². The molecule has 0 aliphatic carbocycles. The van der Waals surface area contributed by atoms with Crippen LogP contribution in [0.5, 0.6) is 0 Å². The highest BCUT2D eigenvalue weighted by molar-refractivity contribution is 6.17. The molecule has 0 spiro atoms.